The largest absolute Gasteiger partial charge is 0.469 e. The Morgan fingerprint density at radius 2 is 1.88 bits per heavy atom. The average molecular weight is 230 g/mol. The summed E-state index contributed by atoms with van der Waals surface area (Å²) >= 11 is 0. The van der Waals surface area contributed by atoms with Gasteiger partial charge in [0, 0.05) is 5.92 Å². The van der Waals surface area contributed by atoms with Gasteiger partial charge in [0.1, 0.15) is 0 Å². The van der Waals surface area contributed by atoms with Crippen molar-refractivity contribution >= 4 is 11.9 Å². The van der Waals surface area contributed by atoms with E-state index < -0.39 is 17.5 Å². The third-order valence-corrected chi connectivity index (χ3v) is 3.65. The van der Waals surface area contributed by atoms with Gasteiger partial charge >= 0.3 is 11.9 Å². The summed E-state index contributed by atoms with van der Waals surface area (Å²) in [6.45, 7) is 3.68. The number of carbonyl (C=O) groups is 2. The first-order valence-corrected chi connectivity index (χ1v) is 5.20. The second-order valence-electron chi connectivity index (χ2n) is 4.71. The minimum Gasteiger partial charge on any atom is -0.469 e. The van der Waals surface area contributed by atoms with Crippen LogP contribution in [0.3, 0.4) is 0 Å². The normalized spacial score (nSPS) is 28.8. The fourth-order valence-electron chi connectivity index (χ4n) is 2.32. The van der Waals surface area contributed by atoms with Crippen LogP contribution in [0, 0.1) is 17.3 Å². The third kappa shape index (κ3) is 1.91. The maximum Gasteiger partial charge on any atom is 0.334 e. The highest BCUT2D eigenvalue weighted by Gasteiger charge is 2.56. The van der Waals surface area contributed by atoms with Crippen LogP contribution in [0.4, 0.5) is 0 Å². The number of hydrogen-bond donors (Lipinski definition) is 1. The molecule has 1 fully saturated rings. The lowest BCUT2D eigenvalue weighted by atomic mass is 9.53. The molecule has 5 heteroatoms. The second kappa shape index (κ2) is 4.41. The van der Waals surface area contributed by atoms with Crippen LogP contribution in [0.25, 0.3) is 0 Å². The Kier molecular flexibility index (Phi) is 3.57. The number of aliphatic hydroxyl groups is 1. The molecule has 0 aromatic heterocycles. The molecular formula is C11H18O5. The van der Waals surface area contributed by atoms with Gasteiger partial charge in [0.15, 0.2) is 6.10 Å². The topological polar surface area (TPSA) is 72.8 Å². The van der Waals surface area contributed by atoms with Crippen molar-refractivity contribution in [1.29, 1.82) is 0 Å². The predicted molar refractivity (Wildman–Crippen MR) is 55.4 cm³/mol. The van der Waals surface area contributed by atoms with Gasteiger partial charge in [0.2, 0.25) is 0 Å². The van der Waals surface area contributed by atoms with Crippen molar-refractivity contribution in [2.45, 2.75) is 26.4 Å². The van der Waals surface area contributed by atoms with E-state index in [0.717, 1.165) is 0 Å². The molecule has 3 unspecified atom stereocenters. The van der Waals surface area contributed by atoms with E-state index in [1.165, 1.54) is 14.2 Å². The molecule has 1 aliphatic carbocycles. The zero-order valence-corrected chi connectivity index (χ0v) is 10.0. The van der Waals surface area contributed by atoms with Crippen LogP contribution in [0.5, 0.6) is 0 Å². The maximum absolute atomic E-state index is 11.4. The lowest BCUT2D eigenvalue weighted by molar-refractivity contribution is -0.181. The number of esters is 2. The fourth-order valence-corrected chi connectivity index (χ4v) is 2.32. The molecule has 92 valence electrons. The highest BCUT2D eigenvalue weighted by atomic mass is 16.5. The van der Waals surface area contributed by atoms with E-state index in [2.05, 4.69) is 9.47 Å². The van der Waals surface area contributed by atoms with Crippen molar-refractivity contribution in [3.63, 3.8) is 0 Å². The monoisotopic (exact) mass is 230 g/mol. The predicted octanol–water partition coefficient (Wildman–Crippen LogP) is 0.356. The Bertz CT molecular complexity index is 297. The molecular weight excluding hydrogens is 212 g/mol. The van der Waals surface area contributed by atoms with Crippen LogP contribution in [0.15, 0.2) is 0 Å². The molecule has 5 nitrogen and oxygen atoms in total. The molecule has 0 bridgehead atoms. The van der Waals surface area contributed by atoms with E-state index >= 15 is 0 Å². The summed E-state index contributed by atoms with van der Waals surface area (Å²) in [6, 6.07) is 0. The quantitative estimate of drug-likeness (QED) is 0.708. The minimum atomic E-state index is -1.17. The Labute approximate surface area is 94.7 Å². The van der Waals surface area contributed by atoms with Crippen LogP contribution >= 0.6 is 0 Å². The molecule has 1 saturated carbocycles. The number of rotatable bonds is 3. The van der Waals surface area contributed by atoms with Gasteiger partial charge in [-0.3, -0.25) is 4.79 Å². The molecule has 0 saturated heterocycles. The van der Waals surface area contributed by atoms with E-state index in [1.807, 2.05) is 13.8 Å². The van der Waals surface area contributed by atoms with Crippen LogP contribution in [-0.4, -0.2) is 37.4 Å². The van der Waals surface area contributed by atoms with E-state index in [0.29, 0.717) is 6.42 Å². The molecule has 0 radical (unpaired) electrons. The van der Waals surface area contributed by atoms with Crippen molar-refractivity contribution in [3.8, 4) is 0 Å². The average Bonchev–Trinajstić information content (AvgIpc) is 2.25. The lowest BCUT2D eigenvalue weighted by Gasteiger charge is -2.51. The summed E-state index contributed by atoms with van der Waals surface area (Å²) < 4.78 is 9.15. The standard InChI is InChI=1S/C11H18O5/c1-11(2)6(8(12)10(14)16-4)5-7(11)9(13)15-3/h6-8,12H,5H2,1-4H3. The van der Waals surface area contributed by atoms with Crippen molar-refractivity contribution < 1.29 is 24.2 Å². The van der Waals surface area contributed by atoms with Crippen molar-refractivity contribution in [2.24, 2.45) is 17.3 Å². The van der Waals surface area contributed by atoms with Gasteiger partial charge in [-0.2, -0.15) is 0 Å². The zero-order chi connectivity index (χ0) is 12.5. The van der Waals surface area contributed by atoms with Gasteiger partial charge in [-0.15, -0.1) is 0 Å². The van der Waals surface area contributed by atoms with E-state index in [-0.39, 0.29) is 17.8 Å². The number of hydrogen-bond acceptors (Lipinski definition) is 5. The van der Waals surface area contributed by atoms with Crippen LogP contribution in [0.1, 0.15) is 20.3 Å². The molecule has 0 aliphatic heterocycles. The molecule has 3 atom stereocenters. The second-order valence-corrected chi connectivity index (χ2v) is 4.71. The van der Waals surface area contributed by atoms with Gasteiger partial charge < -0.3 is 14.6 Å². The van der Waals surface area contributed by atoms with Gasteiger partial charge in [-0.1, -0.05) is 13.8 Å². The Hall–Kier alpha value is -1.10. The van der Waals surface area contributed by atoms with Gasteiger partial charge in [-0.05, 0) is 11.8 Å². The Morgan fingerprint density at radius 1 is 1.31 bits per heavy atom. The van der Waals surface area contributed by atoms with Crippen molar-refractivity contribution in [2.75, 3.05) is 14.2 Å². The van der Waals surface area contributed by atoms with Crippen LogP contribution in [-0.2, 0) is 19.1 Å². The highest BCUT2D eigenvalue weighted by Crippen LogP contribution is 2.53. The molecule has 1 N–H and O–H groups in total. The molecule has 1 rings (SSSR count). The van der Waals surface area contributed by atoms with E-state index in [1.54, 1.807) is 0 Å². The number of aliphatic hydroxyl groups excluding tert-OH is 1. The molecule has 0 amide bonds. The van der Waals surface area contributed by atoms with Crippen LogP contribution in [0.2, 0.25) is 0 Å². The number of ether oxygens (including phenoxy) is 2. The fraction of sp³-hybridized carbons (Fsp3) is 0.818. The van der Waals surface area contributed by atoms with Crippen molar-refractivity contribution in [3.05, 3.63) is 0 Å². The molecule has 0 spiro atoms. The minimum absolute atomic E-state index is 0.260. The summed E-state index contributed by atoms with van der Waals surface area (Å²) in [7, 11) is 2.57. The summed E-state index contributed by atoms with van der Waals surface area (Å²) in [4.78, 5) is 22.6. The van der Waals surface area contributed by atoms with Gasteiger partial charge in [0.25, 0.3) is 0 Å². The number of methoxy groups -OCH3 is 2. The van der Waals surface area contributed by atoms with Gasteiger partial charge in [-0.25, -0.2) is 4.79 Å². The Balaban J connectivity index is 2.70. The summed E-state index contributed by atoms with van der Waals surface area (Å²) in [5.41, 5.74) is -0.444. The van der Waals surface area contributed by atoms with Gasteiger partial charge in [0.05, 0.1) is 20.1 Å². The number of carbonyl (C=O) groups excluding carboxylic acids is 2. The third-order valence-electron chi connectivity index (χ3n) is 3.65. The molecule has 0 aromatic rings. The molecule has 0 heterocycles. The first kappa shape index (κ1) is 13.0. The first-order valence-electron chi connectivity index (χ1n) is 5.20. The van der Waals surface area contributed by atoms with E-state index in [9.17, 15) is 14.7 Å². The summed E-state index contributed by atoms with van der Waals surface area (Å²) in [5, 5.41) is 9.72. The maximum atomic E-state index is 11.4. The lowest BCUT2D eigenvalue weighted by Crippen LogP contribution is -2.55. The molecule has 0 aromatic carbocycles. The molecule has 16 heavy (non-hydrogen) atoms. The van der Waals surface area contributed by atoms with Crippen molar-refractivity contribution in [1.82, 2.24) is 0 Å². The summed E-state index contributed by atoms with van der Waals surface area (Å²) in [5.74, 6) is -1.47. The SMILES string of the molecule is COC(=O)C(O)C1CC(C(=O)OC)C1(C)C. The summed E-state index contributed by atoms with van der Waals surface area (Å²) in [6.07, 6.45) is -0.712. The zero-order valence-electron chi connectivity index (χ0n) is 10.0. The highest BCUT2D eigenvalue weighted by molar-refractivity contribution is 5.78. The van der Waals surface area contributed by atoms with E-state index in [4.69, 9.17) is 0 Å². The Morgan fingerprint density at radius 3 is 2.25 bits per heavy atom. The van der Waals surface area contributed by atoms with Crippen LogP contribution < -0.4 is 0 Å². The molecule has 1 aliphatic rings. The smallest absolute Gasteiger partial charge is 0.334 e. The first-order chi connectivity index (χ1) is 7.36.